The van der Waals surface area contributed by atoms with Crippen LogP contribution in [0.5, 0.6) is 0 Å². The first-order valence-corrected chi connectivity index (χ1v) is 20.2. The van der Waals surface area contributed by atoms with Gasteiger partial charge in [-0.3, -0.25) is 0 Å². The summed E-state index contributed by atoms with van der Waals surface area (Å²) in [6.45, 7) is 4.83. The maximum atomic E-state index is 2.83. The van der Waals surface area contributed by atoms with E-state index in [2.05, 4.69) is 44.1 Å². The van der Waals surface area contributed by atoms with Gasteiger partial charge in [0.25, 0.3) is 0 Å². The topological polar surface area (TPSA) is 0 Å². The summed E-state index contributed by atoms with van der Waals surface area (Å²) in [6, 6.07) is 0. The predicted octanol–water partition coefficient (Wildman–Crippen LogP) is 8.18. The van der Waals surface area contributed by atoms with Gasteiger partial charge in [0.05, 0.1) is 0 Å². The second kappa shape index (κ2) is 8.91. The maximum absolute atomic E-state index is 2.83. The van der Waals surface area contributed by atoms with Crippen molar-refractivity contribution in [3.05, 3.63) is 45.6 Å². The molecule has 0 aromatic rings. The van der Waals surface area contributed by atoms with Gasteiger partial charge in [-0.2, -0.15) is 0 Å². The summed E-state index contributed by atoms with van der Waals surface area (Å²) in [4.78, 5) is 0. The largest absolute Gasteiger partial charge is 0.147 e. The van der Waals surface area contributed by atoms with Crippen LogP contribution in [0.25, 0.3) is 0 Å². The van der Waals surface area contributed by atoms with Crippen LogP contribution in [0.2, 0.25) is 18.9 Å². The molecule has 0 nitrogen and oxygen atoms in total. The van der Waals surface area contributed by atoms with Crippen molar-refractivity contribution >= 4 is 32.4 Å². The minimum atomic E-state index is -2.80. The summed E-state index contributed by atoms with van der Waals surface area (Å²) >= 11 is -2.80. The number of allylic oxidation sites excluding steroid dienone is 8. The van der Waals surface area contributed by atoms with Crippen molar-refractivity contribution in [2.75, 3.05) is 0 Å². The maximum Gasteiger partial charge on any atom is -0.147 e. The van der Waals surface area contributed by atoms with Gasteiger partial charge >= 0.3 is 164 Å². The third-order valence-electron chi connectivity index (χ3n) is 7.98. The Balaban J connectivity index is 0.00000140. The summed E-state index contributed by atoms with van der Waals surface area (Å²) < 4.78 is 1.69. The molecule has 0 aromatic heterocycles. The van der Waals surface area contributed by atoms with E-state index in [9.17, 15) is 0 Å². The number of halogens is 2. The Morgan fingerprint density at radius 1 is 0.750 bits per heavy atom. The Bertz CT molecular complexity index is 760. The molecule has 0 N–H and O–H groups in total. The molecular weight excluding hydrogens is 435 g/mol. The summed E-state index contributed by atoms with van der Waals surface area (Å²) in [5.74, 6) is 0. The van der Waals surface area contributed by atoms with Crippen LogP contribution in [-0.2, 0) is 14.0 Å². The Hall–Kier alpha value is 0.471. The van der Waals surface area contributed by atoms with Gasteiger partial charge in [0, 0.05) is 0 Å². The van der Waals surface area contributed by atoms with Gasteiger partial charge in [0.15, 0.2) is 0 Å². The molecule has 158 valence electrons. The first kappa shape index (κ1) is 24.7. The molecule has 4 rings (SSSR count). The molecular formula is C24H40Cl2SiTi. The van der Waals surface area contributed by atoms with Gasteiger partial charge in [0.1, 0.15) is 0 Å². The normalized spacial score (nSPS) is 27.5. The van der Waals surface area contributed by atoms with E-state index in [0.717, 1.165) is 8.45 Å². The molecule has 0 spiro atoms. The molecule has 0 amide bonds. The average Bonchev–Trinajstić information content (AvgIpc) is 3.20. The van der Waals surface area contributed by atoms with Crippen LogP contribution in [0.3, 0.4) is 0 Å². The molecule has 0 heterocycles. The molecule has 0 aliphatic heterocycles. The second-order valence-corrected chi connectivity index (χ2v) is 30.6. The van der Waals surface area contributed by atoms with Crippen LogP contribution >= 0.6 is 24.8 Å². The molecule has 0 bridgehead atoms. The summed E-state index contributed by atoms with van der Waals surface area (Å²) in [5.41, 5.74) is 11.0. The van der Waals surface area contributed by atoms with E-state index < -0.39 is 14.0 Å². The van der Waals surface area contributed by atoms with Crippen molar-refractivity contribution in [2.24, 2.45) is 0 Å². The van der Waals surface area contributed by atoms with E-state index in [1.807, 2.05) is 22.3 Å². The molecule has 0 saturated heterocycles. The van der Waals surface area contributed by atoms with Crippen LogP contribution in [0.1, 0.15) is 78.1 Å². The van der Waals surface area contributed by atoms with E-state index >= 15 is 0 Å². The van der Waals surface area contributed by atoms with Gasteiger partial charge in [-0.25, -0.2) is 0 Å². The quantitative estimate of drug-likeness (QED) is 0.360. The van der Waals surface area contributed by atoms with Gasteiger partial charge in [-0.15, -0.1) is 24.8 Å². The minimum absolute atomic E-state index is 0. The third kappa shape index (κ3) is 3.89. The summed E-state index contributed by atoms with van der Waals surface area (Å²) in [7, 11) is 2.54. The van der Waals surface area contributed by atoms with Crippen LogP contribution in [-0.4, -0.2) is 7.63 Å². The van der Waals surface area contributed by atoms with Crippen LogP contribution < -0.4 is 0 Å². The Morgan fingerprint density at radius 3 is 1.46 bits per heavy atom. The average molecular weight is 475 g/mol. The van der Waals surface area contributed by atoms with Gasteiger partial charge in [0.2, 0.25) is 0 Å². The minimum Gasteiger partial charge on any atom is -0.147 e. The zero-order chi connectivity index (χ0) is 18.6. The summed E-state index contributed by atoms with van der Waals surface area (Å²) in [6.07, 6.45) is 19.1. The van der Waals surface area contributed by atoms with Gasteiger partial charge < -0.3 is 0 Å². The zero-order valence-corrected chi connectivity index (χ0v) is 23.0. The van der Waals surface area contributed by atoms with E-state index in [-0.39, 0.29) is 24.8 Å². The number of hydrogen-bond donors (Lipinski definition) is 0. The Morgan fingerprint density at radius 2 is 1.11 bits per heavy atom. The Labute approximate surface area is 188 Å². The molecule has 0 fully saturated rings. The van der Waals surface area contributed by atoms with Crippen LogP contribution in [0, 0.1) is 0 Å². The smallest absolute Gasteiger partial charge is 0.147 e. The molecule has 0 saturated carbocycles. The molecule has 2 atom stereocenters. The Kier molecular flexibility index (Phi) is 7.88. The van der Waals surface area contributed by atoms with Crippen molar-refractivity contribution in [3.8, 4) is 0 Å². The fourth-order valence-electron chi connectivity index (χ4n) is 7.10. The van der Waals surface area contributed by atoms with Gasteiger partial charge in [-0.05, 0) is 0 Å². The number of hydrogen-bond acceptors (Lipinski definition) is 0. The van der Waals surface area contributed by atoms with Crippen molar-refractivity contribution in [1.29, 1.82) is 0 Å². The van der Waals surface area contributed by atoms with Crippen LogP contribution in [0.15, 0.2) is 45.6 Å². The summed E-state index contributed by atoms with van der Waals surface area (Å²) in [5, 5.41) is 5.65. The molecule has 2 unspecified atom stereocenters. The van der Waals surface area contributed by atoms with E-state index in [4.69, 9.17) is 0 Å². The monoisotopic (exact) mass is 474 g/mol. The third-order valence-corrected chi connectivity index (χ3v) is 19.5. The van der Waals surface area contributed by atoms with Gasteiger partial charge in [-0.1, -0.05) is 0 Å². The fraction of sp³-hybridized carbons (Fsp3) is 0.667. The zero-order valence-electron chi connectivity index (χ0n) is 18.4. The van der Waals surface area contributed by atoms with Crippen molar-refractivity contribution in [1.82, 2.24) is 0 Å². The second-order valence-electron chi connectivity index (χ2n) is 10.5. The van der Waals surface area contributed by atoms with E-state index in [0.29, 0.717) is 0 Å². The molecule has 28 heavy (non-hydrogen) atoms. The molecule has 0 radical (unpaired) electrons. The fourth-order valence-corrected chi connectivity index (χ4v) is 21.1. The number of rotatable bonds is 4. The first-order valence-electron chi connectivity index (χ1n) is 11.3. The molecule has 4 aliphatic carbocycles. The van der Waals surface area contributed by atoms with Crippen LogP contribution in [0.4, 0.5) is 0 Å². The van der Waals surface area contributed by atoms with Crippen molar-refractivity contribution in [3.63, 3.8) is 0 Å². The molecule has 4 heteroatoms. The molecule has 4 aliphatic rings. The predicted molar refractivity (Wildman–Crippen MR) is 130 cm³/mol. The van der Waals surface area contributed by atoms with Crippen molar-refractivity contribution < 1.29 is 14.0 Å². The van der Waals surface area contributed by atoms with Crippen molar-refractivity contribution in [2.45, 2.75) is 97.0 Å². The molecule has 0 aromatic carbocycles. The standard InChI is InChI=1S/2C11H15.2CH3.2ClH.H2Si.Ti/c2*1-2-9-7-10-5-3-4-6-11(10)8-9;;;;;;/h2*7-8H,2-6H2,1H3;2*1H3;2*1H;1H2;. The van der Waals surface area contributed by atoms with E-state index in [1.54, 1.807) is 11.1 Å². The SMILES string of the molecule is CCC1=CC2=C(CCCC2)[CH]1[Ti]([CH3])([CH3])(=[SiH2])[CH]1C(CC)=CC2=C1CCCC2.Cl.Cl. The van der Waals surface area contributed by atoms with E-state index in [1.165, 1.54) is 64.2 Å². The first-order chi connectivity index (χ1) is 12.4.